The highest BCUT2D eigenvalue weighted by Gasteiger charge is 2.16. The number of hydrogen-bond acceptors (Lipinski definition) is 2. The summed E-state index contributed by atoms with van der Waals surface area (Å²) in [6.07, 6.45) is 5.34. The van der Waals surface area contributed by atoms with Crippen molar-refractivity contribution in [3.05, 3.63) is 29.6 Å². The molecule has 0 bridgehead atoms. The monoisotopic (exact) mass is 193 g/mol. The summed E-state index contributed by atoms with van der Waals surface area (Å²) < 4.78 is 0. The fraction of sp³-hybridized carbons (Fsp3) is 0.583. The molecule has 14 heavy (non-hydrogen) atoms. The zero-order chi connectivity index (χ0) is 10.6. The molecule has 0 amide bonds. The van der Waals surface area contributed by atoms with E-state index in [0.717, 1.165) is 12.1 Å². The average Bonchev–Trinajstić information content (AvgIpc) is 2.14. The van der Waals surface area contributed by atoms with Gasteiger partial charge in [0.25, 0.3) is 0 Å². The van der Waals surface area contributed by atoms with E-state index in [1.165, 1.54) is 18.4 Å². The molecule has 0 fully saturated rings. The van der Waals surface area contributed by atoms with Gasteiger partial charge in [-0.1, -0.05) is 19.4 Å². The Morgan fingerprint density at radius 2 is 2.07 bits per heavy atom. The summed E-state index contributed by atoms with van der Waals surface area (Å²) in [5.74, 6) is 0. The predicted octanol–water partition coefficient (Wildman–Crippen LogP) is 2.65. The van der Waals surface area contributed by atoms with Crippen LogP contribution in [0.4, 0.5) is 0 Å². The van der Waals surface area contributed by atoms with Crippen LogP contribution >= 0.6 is 0 Å². The lowest BCUT2D eigenvalue weighted by Gasteiger charge is -2.16. The third-order valence-corrected chi connectivity index (χ3v) is 2.27. The fourth-order valence-corrected chi connectivity index (χ4v) is 1.32. The molecule has 0 saturated carbocycles. The summed E-state index contributed by atoms with van der Waals surface area (Å²) in [6, 6.07) is 3.96. The van der Waals surface area contributed by atoms with Crippen LogP contribution in [0.5, 0.6) is 0 Å². The van der Waals surface area contributed by atoms with Crippen LogP contribution in [0.15, 0.2) is 18.3 Å². The minimum atomic E-state index is -0.830. The molecule has 0 spiro atoms. The molecular weight excluding hydrogens is 174 g/mol. The van der Waals surface area contributed by atoms with Gasteiger partial charge in [0, 0.05) is 6.20 Å². The van der Waals surface area contributed by atoms with Gasteiger partial charge in [-0.3, -0.25) is 4.98 Å². The Morgan fingerprint density at radius 1 is 1.36 bits per heavy atom. The van der Waals surface area contributed by atoms with Crippen molar-refractivity contribution in [2.24, 2.45) is 0 Å². The maximum Gasteiger partial charge on any atom is 0.101 e. The van der Waals surface area contributed by atoms with Gasteiger partial charge in [0.2, 0.25) is 0 Å². The first-order chi connectivity index (χ1) is 6.54. The Labute approximate surface area is 86.0 Å². The standard InChI is InChI=1S/C12H19NO/c1-4-5-6-10-7-8-11(13-9-10)12(2,3)14/h7-9,14H,4-6H2,1-3H3. The minimum Gasteiger partial charge on any atom is -0.384 e. The molecule has 1 aromatic rings. The molecule has 0 radical (unpaired) electrons. The lowest BCUT2D eigenvalue weighted by atomic mass is 10.0. The normalized spacial score (nSPS) is 11.7. The smallest absolute Gasteiger partial charge is 0.101 e. The quantitative estimate of drug-likeness (QED) is 0.797. The molecule has 0 aromatic carbocycles. The van der Waals surface area contributed by atoms with Gasteiger partial charge < -0.3 is 5.11 Å². The lowest BCUT2D eigenvalue weighted by Crippen LogP contribution is -2.17. The van der Waals surface area contributed by atoms with E-state index in [2.05, 4.69) is 18.0 Å². The number of unbranched alkanes of at least 4 members (excludes halogenated alkanes) is 1. The number of nitrogens with zero attached hydrogens (tertiary/aromatic N) is 1. The molecule has 0 aliphatic carbocycles. The molecule has 1 N–H and O–H groups in total. The van der Waals surface area contributed by atoms with Crippen LogP contribution in [-0.4, -0.2) is 10.1 Å². The Bertz CT molecular complexity index is 271. The van der Waals surface area contributed by atoms with Gasteiger partial charge in [-0.05, 0) is 38.3 Å². The Balaban J connectivity index is 2.69. The van der Waals surface area contributed by atoms with Gasteiger partial charge >= 0.3 is 0 Å². The van der Waals surface area contributed by atoms with Gasteiger partial charge in [0.1, 0.15) is 5.60 Å². The summed E-state index contributed by atoms with van der Waals surface area (Å²) in [4.78, 5) is 4.25. The summed E-state index contributed by atoms with van der Waals surface area (Å²) in [5, 5.41) is 9.69. The summed E-state index contributed by atoms with van der Waals surface area (Å²) in [7, 11) is 0. The largest absolute Gasteiger partial charge is 0.384 e. The number of pyridine rings is 1. The highest BCUT2D eigenvalue weighted by molar-refractivity contribution is 5.17. The molecular formula is C12H19NO. The number of aromatic nitrogens is 1. The fourth-order valence-electron chi connectivity index (χ4n) is 1.32. The van der Waals surface area contributed by atoms with Crippen molar-refractivity contribution >= 4 is 0 Å². The Morgan fingerprint density at radius 3 is 2.50 bits per heavy atom. The molecule has 0 saturated heterocycles. The molecule has 0 aliphatic rings. The van der Waals surface area contributed by atoms with E-state index in [4.69, 9.17) is 0 Å². The number of aryl methyl sites for hydroxylation is 1. The van der Waals surface area contributed by atoms with Crippen molar-refractivity contribution in [3.63, 3.8) is 0 Å². The van der Waals surface area contributed by atoms with Crippen LogP contribution in [0, 0.1) is 0 Å². The van der Waals surface area contributed by atoms with Crippen LogP contribution < -0.4 is 0 Å². The van der Waals surface area contributed by atoms with Crippen molar-refractivity contribution in [3.8, 4) is 0 Å². The summed E-state index contributed by atoms with van der Waals surface area (Å²) in [6.45, 7) is 5.68. The van der Waals surface area contributed by atoms with Gasteiger partial charge in [-0.25, -0.2) is 0 Å². The van der Waals surface area contributed by atoms with Gasteiger partial charge in [-0.2, -0.15) is 0 Å². The van der Waals surface area contributed by atoms with Crippen molar-refractivity contribution in [2.45, 2.75) is 45.6 Å². The first-order valence-electron chi connectivity index (χ1n) is 5.22. The van der Waals surface area contributed by atoms with Crippen LogP contribution in [0.2, 0.25) is 0 Å². The maximum absolute atomic E-state index is 9.69. The highest BCUT2D eigenvalue weighted by Crippen LogP contribution is 2.17. The Kier molecular flexibility index (Phi) is 3.64. The average molecular weight is 193 g/mol. The third kappa shape index (κ3) is 3.11. The molecule has 2 nitrogen and oxygen atoms in total. The zero-order valence-corrected chi connectivity index (χ0v) is 9.25. The summed E-state index contributed by atoms with van der Waals surface area (Å²) >= 11 is 0. The van der Waals surface area contributed by atoms with E-state index < -0.39 is 5.60 Å². The van der Waals surface area contributed by atoms with Crippen molar-refractivity contribution in [1.29, 1.82) is 0 Å². The van der Waals surface area contributed by atoms with E-state index in [0.29, 0.717) is 0 Å². The van der Waals surface area contributed by atoms with E-state index >= 15 is 0 Å². The van der Waals surface area contributed by atoms with E-state index in [-0.39, 0.29) is 0 Å². The number of hydrogen-bond donors (Lipinski definition) is 1. The lowest BCUT2D eigenvalue weighted by molar-refractivity contribution is 0.0738. The van der Waals surface area contributed by atoms with Crippen LogP contribution in [0.1, 0.15) is 44.9 Å². The number of aliphatic hydroxyl groups is 1. The van der Waals surface area contributed by atoms with Gasteiger partial charge in [0.05, 0.1) is 5.69 Å². The molecule has 0 atom stereocenters. The third-order valence-electron chi connectivity index (χ3n) is 2.27. The van der Waals surface area contributed by atoms with E-state index in [1.54, 1.807) is 13.8 Å². The summed E-state index contributed by atoms with van der Waals surface area (Å²) in [5.41, 5.74) is 1.15. The van der Waals surface area contributed by atoms with Crippen LogP contribution in [0.25, 0.3) is 0 Å². The molecule has 0 unspecified atom stereocenters. The first kappa shape index (κ1) is 11.2. The van der Waals surface area contributed by atoms with E-state index in [9.17, 15) is 5.11 Å². The highest BCUT2D eigenvalue weighted by atomic mass is 16.3. The molecule has 1 aromatic heterocycles. The molecule has 2 heteroatoms. The topological polar surface area (TPSA) is 33.1 Å². The second-order valence-electron chi connectivity index (χ2n) is 4.21. The minimum absolute atomic E-state index is 0.734. The maximum atomic E-state index is 9.69. The van der Waals surface area contributed by atoms with Crippen molar-refractivity contribution in [2.75, 3.05) is 0 Å². The Hall–Kier alpha value is -0.890. The zero-order valence-electron chi connectivity index (χ0n) is 9.25. The molecule has 78 valence electrons. The molecule has 1 heterocycles. The first-order valence-corrected chi connectivity index (χ1v) is 5.22. The second-order valence-corrected chi connectivity index (χ2v) is 4.21. The SMILES string of the molecule is CCCCc1ccc(C(C)(C)O)nc1. The van der Waals surface area contributed by atoms with Crippen LogP contribution in [-0.2, 0) is 12.0 Å². The van der Waals surface area contributed by atoms with Crippen molar-refractivity contribution in [1.82, 2.24) is 4.98 Å². The molecule has 1 rings (SSSR count). The van der Waals surface area contributed by atoms with E-state index in [1.807, 2.05) is 12.3 Å². The van der Waals surface area contributed by atoms with Gasteiger partial charge in [-0.15, -0.1) is 0 Å². The van der Waals surface area contributed by atoms with Crippen molar-refractivity contribution < 1.29 is 5.11 Å². The second kappa shape index (κ2) is 4.56. The molecule has 0 aliphatic heterocycles. The number of rotatable bonds is 4. The van der Waals surface area contributed by atoms with Gasteiger partial charge in [0.15, 0.2) is 0 Å². The van der Waals surface area contributed by atoms with Crippen LogP contribution in [0.3, 0.4) is 0 Å². The predicted molar refractivity (Wildman–Crippen MR) is 58.1 cm³/mol.